The summed E-state index contributed by atoms with van der Waals surface area (Å²) in [5.74, 6) is 1.04. The molecule has 26 heavy (non-hydrogen) atoms. The maximum absolute atomic E-state index is 12.8. The Balaban J connectivity index is 1.58. The molecular formula is C19H21N5OS. The van der Waals surface area contributed by atoms with Crippen molar-refractivity contribution in [2.75, 3.05) is 13.1 Å². The van der Waals surface area contributed by atoms with Crippen LogP contribution in [0.4, 0.5) is 0 Å². The van der Waals surface area contributed by atoms with Gasteiger partial charge < -0.3 is 4.90 Å². The second-order valence-corrected chi connectivity index (χ2v) is 7.61. The van der Waals surface area contributed by atoms with Crippen molar-refractivity contribution in [3.8, 4) is 10.6 Å². The Morgan fingerprint density at radius 3 is 2.92 bits per heavy atom. The Morgan fingerprint density at radius 1 is 1.31 bits per heavy atom. The SMILES string of the molecule is Cc1cc(-c2cccs2)nc(C2CCCN(C(=O)c3ccnn3C)C2)n1. The lowest BCUT2D eigenvalue weighted by molar-refractivity contribution is 0.0693. The topological polar surface area (TPSA) is 63.9 Å². The maximum atomic E-state index is 12.8. The molecule has 1 saturated heterocycles. The molecule has 1 aliphatic rings. The van der Waals surface area contributed by atoms with Crippen LogP contribution < -0.4 is 0 Å². The predicted octanol–water partition coefficient (Wildman–Crippen LogP) is 3.27. The fourth-order valence-corrected chi connectivity index (χ4v) is 4.13. The van der Waals surface area contributed by atoms with Crippen LogP contribution in [-0.4, -0.2) is 43.6 Å². The minimum atomic E-state index is 0.0285. The van der Waals surface area contributed by atoms with E-state index < -0.39 is 0 Å². The van der Waals surface area contributed by atoms with Crippen LogP contribution in [0.2, 0.25) is 0 Å². The van der Waals surface area contributed by atoms with Crippen LogP contribution in [0.25, 0.3) is 10.6 Å². The zero-order valence-corrected chi connectivity index (χ0v) is 15.7. The van der Waals surface area contributed by atoms with E-state index in [4.69, 9.17) is 4.98 Å². The molecule has 4 heterocycles. The molecule has 0 bridgehead atoms. The van der Waals surface area contributed by atoms with Crippen LogP contribution in [0.3, 0.4) is 0 Å². The van der Waals surface area contributed by atoms with E-state index >= 15 is 0 Å². The summed E-state index contributed by atoms with van der Waals surface area (Å²) in [5.41, 5.74) is 2.56. The number of rotatable bonds is 3. The summed E-state index contributed by atoms with van der Waals surface area (Å²) < 4.78 is 1.63. The molecule has 1 unspecified atom stereocenters. The molecule has 0 radical (unpaired) electrons. The summed E-state index contributed by atoms with van der Waals surface area (Å²) in [6.07, 6.45) is 3.62. The number of carbonyl (C=O) groups is 1. The first kappa shape index (κ1) is 16.9. The van der Waals surface area contributed by atoms with E-state index in [-0.39, 0.29) is 11.8 Å². The summed E-state index contributed by atoms with van der Waals surface area (Å²) in [6.45, 7) is 3.42. The molecule has 134 valence electrons. The minimum Gasteiger partial charge on any atom is -0.337 e. The quantitative estimate of drug-likeness (QED) is 0.713. The van der Waals surface area contributed by atoms with E-state index in [2.05, 4.69) is 21.5 Å². The van der Waals surface area contributed by atoms with Crippen molar-refractivity contribution in [1.82, 2.24) is 24.6 Å². The Morgan fingerprint density at radius 2 is 2.19 bits per heavy atom. The van der Waals surface area contributed by atoms with Crippen LogP contribution in [0, 0.1) is 6.92 Å². The molecule has 3 aromatic heterocycles. The van der Waals surface area contributed by atoms with Gasteiger partial charge in [0, 0.05) is 37.9 Å². The van der Waals surface area contributed by atoms with Gasteiger partial charge in [0.05, 0.1) is 10.6 Å². The third-order valence-corrected chi connectivity index (χ3v) is 5.65. The zero-order valence-electron chi connectivity index (χ0n) is 14.9. The van der Waals surface area contributed by atoms with Crippen molar-refractivity contribution in [3.63, 3.8) is 0 Å². The van der Waals surface area contributed by atoms with Crippen LogP contribution >= 0.6 is 11.3 Å². The Hall–Kier alpha value is -2.54. The van der Waals surface area contributed by atoms with E-state index in [1.807, 2.05) is 24.0 Å². The molecule has 3 aromatic rings. The van der Waals surface area contributed by atoms with Gasteiger partial charge in [-0.25, -0.2) is 9.97 Å². The number of aryl methyl sites for hydroxylation is 2. The number of piperidine rings is 1. The molecule has 7 heteroatoms. The molecule has 4 rings (SSSR count). The van der Waals surface area contributed by atoms with Gasteiger partial charge in [0.1, 0.15) is 11.5 Å². The molecule has 0 aliphatic carbocycles. The number of hydrogen-bond donors (Lipinski definition) is 0. The van der Waals surface area contributed by atoms with E-state index in [1.54, 1.807) is 35.3 Å². The lowest BCUT2D eigenvalue weighted by atomic mass is 9.96. The van der Waals surface area contributed by atoms with E-state index in [0.717, 1.165) is 41.5 Å². The lowest BCUT2D eigenvalue weighted by Crippen LogP contribution is -2.40. The van der Waals surface area contributed by atoms with E-state index in [1.165, 1.54) is 0 Å². The molecule has 1 aliphatic heterocycles. The number of hydrogen-bond acceptors (Lipinski definition) is 5. The van der Waals surface area contributed by atoms with Gasteiger partial charge in [-0.3, -0.25) is 9.48 Å². The molecule has 1 fully saturated rings. The molecule has 1 atom stereocenters. The maximum Gasteiger partial charge on any atom is 0.272 e. The third-order valence-electron chi connectivity index (χ3n) is 4.76. The zero-order chi connectivity index (χ0) is 18.1. The first-order valence-electron chi connectivity index (χ1n) is 8.78. The second-order valence-electron chi connectivity index (χ2n) is 6.66. The first-order chi connectivity index (χ1) is 12.6. The predicted molar refractivity (Wildman–Crippen MR) is 101 cm³/mol. The Kier molecular flexibility index (Phi) is 4.55. The van der Waals surface area contributed by atoms with Gasteiger partial charge in [-0.15, -0.1) is 11.3 Å². The van der Waals surface area contributed by atoms with Crippen LogP contribution in [-0.2, 0) is 7.05 Å². The van der Waals surface area contributed by atoms with Gasteiger partial charge in [-0.05, 0) is 43.3 Å². The number of amides is 1. The number of carbonyl (C=O) groups excluding carboxylic acids is 1. The number of aromatic nitrogens is 4. The van der Waals surface area contributed by atoms with Crippen molar-refractivity contribution < 1.29 is 4.79 Å². The summed E-state index contributed by atoms with van der Waals surface area (Å²) in [6, 6.07) is 7.90. The van der Waals surface area contributed by atoms with Gasteiger partial charge in [-0.2, -0.15) is 5.10 Å². The first-order valence-corrected chi connectivity index (χ1v) is 9.66. The van der Waals surface area contributed by atoms with E-state index in [9.17, 15) is 4.79 Å². The van der Waals surface area contributed by atoms with Crippen molar-refractivity contribution in [2.45, 2.75) is 25.7 Å². The van der Waals surface area contributed by atoms with Crippen molar-refractivity contribution >= 4 is 17.2 Å². The number of nitrogens with zero attached hydrogens (tertiary/aromatic N) is 5. The minimum absolute atomic E-state index is 0.0285. The molecular weight excluding hydrogens is 346 g/mol. The summed E-state index contributed by atoms with van der Waals surface area (Å²) in [7, 11) is 1.80. The van der Waals surface area contributed by atoms with Crippen molar-refractivity contribution in [3.05, 3.63) is 53.1 Å². The highest BCUT2D eigenvalue weighted by atomic mass is 32.1. The molecule has 0 spiro atoms. The molecule has 6 nitrogen and oxygen atoms in total. The Labute approximate surface area is 156 Å². The molecule has 1 amide bonds. The normalized spacial score (nSPS) is 17.5. The summed E-state index contributed by atoms with van der Waals surface area (Å²) in [5, 5.41) is 6.16. The van der Waals surface area contributed by atoms with Gasteiger partial charge in [-0.1, -0.05) is 6.07 Å². The van der Waals surface area contributed by atoms with Crippen LogP contribution in [0.15, 0.2) is 35.8 Å². The van der Waals surface area contributed by atoms with Gasteiger partial charge in [0.2, 0.25) is 0 Å². The lowest BCUT2D eigenvalue weighted by Gasteiger charge is -2.32. The van der Waals surface area contributed by atoms with Gasteiger partial charge in [0.25, 0.3) is 5.91 Å². The second kappa shape index (κ2) is 6.99. The van der Waals surface area contributed by atoms with Gasteiger partial charge >= 0.3 is 0 Å². The van der Waals surface area contributed by atoms with E-state index in [0.29, 0.717) is 12.2 Å². The highest BCUT2D eigenvalue weighted by Gasteiger charge is 2.28. The fourth-order valence-electron chi connectivity index (χ4n) is 3.44. The van der Waals surface area contributed by atoms with Crippen molar-refractivity contribution in [1.29, 1.82) is 0 Å². The largest absolute Gasteiger partial charge is 0.337 e. The standard InChI is InChI=1S/C19H21N5OS/c1-13-11-15(17-6-4-10-26-17)22-18(21-13)14-5-3-9-24(12-14)19(25)16-7-8-20-23(16)2/h4,6-8,10-11,14H,3,5,9,12H2,1-2H3. The average Bonchev–Trinajstić information content (AvgIpc) is 3.32. The summed E-state index contributed by atoms with van der Waals surface area (Å²) >= 11 is 1.68. The smallest absolute Gasteiger partial charge is 0.272 e. The number of thiophene rings is 1. The van der Waals surface area contributed by atoms with Gasteiger partial charge in [0.15, 0.2) is 0 Å². The van der Waals surface area contributed by atoms with Crippen LogP contribution in [0.1, 0.15) is 40.8 Å². The molecule has 0 N–H and O–H groups in total. The average molecular weight is 367 g/mol. The fraction of sp³-hybridized carbons (Fsp3) is 0.368. The molecule has 0 saturated carbocycles. The monoisotopic (exact) mass is 367 g/mol. The number of likely N-dealkylation sites (tertiary alicyclic amines) is 1. The van der Waals surface area contributed by atoms with Crippen molar-refractivity contribution in [2.24, 2.45) is 7.05 Å². The highest BCUT2D eigenvalue weighted by Crippen LogP contribution is 2.29. The Bertz CT molecular complexity index is 918. The molecule has 0 aromatic carbocycles. The highest BCUT2D eigenvalue weighted by molar-refractivity contribution is 7.13. The van der Waals surface area contributed by atoms with Crippen LogP contribution in [0.5, 0.6) is 0 Å². The summed E-state index contributed by atoms with van der Waals surface area (Å²) in [4.78, 5) is 25.4. The third kappa shape index (κ3) is 3.26.